The van der Waals surface area contributed by atoms with E-state index in [1.807, 2.05) is 18.2 Å². The lowest BCUT2D eigenvalue weighted by Gasteiger charge is -2.03. The summed E-state index contributed by atoms with van der Waals surface area (Å²) in [4.78, 5) is 11.3. The highest BCUT2D eigenvalue weighted by molar-refractivity contribution is 5.83. The lowest BCUT2D eigenvalue weighted by molar-refractivity contribution is -0.121. The van der Waals surface area contributed by atoms with E-state index in [9.17, 15) is 4.79 Å². The molecule has 0 saturated heterocycles. The molecule has 1 unspecified atom stereocenters. The summed E-state index contributed by atoms with van der Waals surface area (Å²) in [6.45, 7) is 0. The van der Waals surface area contributed by atoms with Crippen molar-refractivity contribution >= 4 is 5.78 Å². The Kier molecular flexibility index (Phi) is 6.74. The molecule has 0 heterocycles. The summed E-state index contributed by atoms with van der Waals surface area (Å²) in [5.41, 5.74) is 0. The van der Waals surface area contributed by atoms with Gasteiger partial charge in [0.05, 0.1) is 18.2 Å². The van der Waals surface area contributed by atoms with Crippen LogP contribution < -0.4 is 0 Å². The molecular formula is C10H11N3O. The van der Waals surface area contributed by atoms with Crippen molar-refractivity contribution in [2.75, 3.05) is 0 Å². The van der Waals surface area contributed by atoms with E-state index in [1.54, 1.807) is 0 Å². The lowest BCUT2D eigenvalue weighted by atomic mass is 9.96. The van der Waals surface area contributed by atoms with Crippen molar-refractivity contribution in [1.29, 1.82) is 15.8 Å². The van der Waals surface area contributed by atoms with Gasteiger partial charge in [-0.05, 0) is 12.8 Å². The molecule has 0 fully saturated rings. The van der Waals surface area contributed by atoms with Crippen LogP contribution in [0.15, 0.2) is 0 Å². The van der Waals surface area contributed by atoms with Gasteiger partial charge in [-0.3, -0.25) is 4.79 Å². The van der Waals surface area contributed by atoms with E-state index in [0.717, 1.165) is 0 Å². The first kappa shape index (κ1) is 12.1. The van der Waals surface area contributed by atoms with E-state index in [2.05, 4.69) is 0 Å². The first-order valence-electron chi connectivity index (χ1n) is 4.42. The molecular weight excluding hydrogens is 178 g/mol. The number of nitrogens with zero attached hydrogens (tertiary/aromatic N) is 3. The van der Waals surface area contributed by atoms with Gasteiger partial charge in [-0.1, -0.05) is 0 Å². The van der Waals surface area contributed by atoms with E-state index in [1.165, 1.54) is 0 Å². The number of hydrogen-bond donors (Lipinski definition) is 0. The van der Waals surface area contributed by atoms with Crippen LogP contribution in [0, 0.1) is 39.9 Å². The van der Waals surface area contributed by atoms with Gasteiger partial charge in [0.15, 0.2) is 0 Å². The minimum absolute atomic E-state index is 0.155. The van der Waals surface area contributed by atoms with Crippen LogP contribution in [0.3, 0.4) is 0 Å². The Balaban J connectivity index is 3.90. The van der Waals surface area contributed by atoms with Crippen LogP contribution in [-0.4, -0.2) is 5.78 Å². The van der Waals surface area contributed by atoms with Crippen LogP contribution in [0.5, 0.6) is 0 Å². The maximum absolute atomic E-state index is 11.3. The highest BCUT2D eigenvalue weighted by atomic mass is 16.1. The molecule has 4 heteroatoms. The predicted octanol–water partition coefficient (Wildman–Crippen LogP) is 1.69. The van der Waals surface area contributed by atoms with Crippen molar-refractivity contribution in [3.63, 3.8) is 0 Å². The largest absolute Gasteiger partial charge is 0.298 e. The van der Waals surface area contributed by atoms with E-state index in [-0.39, 0.29) is 18.6 Å². The Labute approximate surface area is 83.4 Å². The lowest BCUT2D eigenvalue weighted by Crippen LogP contribution is -2.12. The quantitative estimate of drug-likeness (QED) is 0.594. The highest BCUT2D eigenvalue weighted by Crippen LogP contribution is 2.10. The second-order valence-electron chi connectivity index (χ2n) is 2.86. The van der Waals surface area contributed by atoms with Gasteiger partial charge >= 0.3 is 0 Å². The summed E-state index contributed by atoms with van der Waals surface area (Å²) >= 11 is 0. The number of unbranched alkanes of at least 4 members (excludes halogenated alkanes) is 1. The molecule has 0 aromatic rings. The van der Waals surface area contributed by atoms with Crippen LogP contribution in [0.1, 0.15) is 32.1 Å². The second kappa shape index (κ2) is 7.77. The maximum atomic E-state index is 11.3. The Hall–Kier alpha value is -1.86. The average molecular weight is 189 g/mol. The fourth-order valence-corrected chi connectivity index (χ4v) is 1.02. The summed E-state index contributed by atoms with van der Waals surface area (Å²) in [6, 6.07) is 5.71. The molecule has 0 radical (unpaired) electrons. The van der Waals surface area contributed by atoms with Gasteiger partial charge in [0, 0.05) is 19.3 Å². The van der Waals surface area contributed by atoms with Crippen LogP contribution in [-0.2, 0) is 4.79 Å². The number of rotatable bonds is 6. The molecule has 0 aliphatic rings. The van der Waals surface area contributed by atoms with Crippen molar-refractivity contribution in [3.8, 4) is 18.2 Å². The molecule has 72 valence electrons. The standard InChI is InChI=1S/C10H11N3O/c11-6-2-1-5-10(14)9(8-13)4-3-7-12/h9H,1-5H2. The van der Waals surface area contributed by atoms with Crippen LogP contribution in [0.2, 0.25) is 0 Å². The van der Waals surface area contributed by atoms with E-state index in [0.29, 0.717) is 19.3 Å². The summed E-state index contributed by atoms with van der Waals surface area (Å²) in [5.74, 6) is -0.827. The molecule has 0 rings (SSSR count). The zero-order valence-electron chi connectivity index (χ0n) is 7.86. The van der Waals surface area contributed by atoms with Crippen molar-refractivity contribution in [1.82, 2.24) is 0 Å². The van der Waals surface area contributed by atoms with Crippen molar-refractivity contribution < 1.29 is 4.79 Å². The monoisotopic (exact) mass is 189 g/mol. The molecule has 0 amide bonds. The van der Waals surface area contributed by atoms with Crippen LogP contribution >= 0.6 is 0 Å². The molecule has 0 N–H and O–H groups in total. The van der Waals surface area contributed by atoms with Gasteiger partial charge in [-0.25, -0.2) is 0 Å². The number of carbonyl (C=O) groups is 1. The summed E-state index contributed by atoms with van der Waals surface area (Å²) in [7, 11) is 0. The Bertz CT molecular complexity index is 303. The molecule has 14 heavy (non-hydrogen) atoms. The number of carbonyl (C=O) groups excluding carboxylic acids is 1. The van der Waals surface area contributed by atoms with Crippen molar-refractivity contribution in [2.45, 2.75) is 32.1 Å². The molecule has 0 spiro atoms. The van der Waals surface area contributed by atoms with Gasteiger partial charge in [0.1, 0.15) is 11.7 Å². The zero-order chi connectivity index (χ0) is 10.8. The molecule has 0 aliphatic heterocycles. The summed E-state index contributed by atoms with van der Waals surface area (Å²) < 4.78 is 0. The van der Waals surface area contributed by atoms with Crippen molar-refractivity contribution in [2.24, 2.45) is 5.92 Å². The van der Waals surface area contributed by atoms with E-state index in [4.69, 9.17) is 15.8 Å². The molecule has 0 saturated carbocycles. The number of hydrogen-bond acceptors (Lipinski definition) is 4. The number of Topliss-reactive ketones (excluding diaryl/α,β-unsaturated/α-hetero) is 1. The minimum Gasteiger partial charge on any atom is -0.298 e. The molecule has 0 aliphatic carbocycles. The van der Waals surface area contributed by atoms with Crippen LogP contribution in [0.25, 0.3) is 0 Å². The minimum atomic E-state index is -0.673. The summed E-state index contributed by atoms with van der Waals surface area (Å²) in [6.07, 6.45) is 1.63. The third kappa shape index (κ3) is 4.91. The molecule has 1 atom stereocenters. The summed E-state index contributed by atoms with van der Waals surface area (Å²) in [5, 5.41) is 25.2. The van der Waals surface area contributed by atoms with Crippen LogP contribution in [0.4, 0.5) is 0 Å². The van der Waals surface area contributed by atoms with E-state index >= 15 is 0 Å². The van der Waals surface area contributed by atoms with Gasteiger partial charge in [-0.15, -0.1) is 0 Å². The Morgan fingerprint density at radius 2 is 1.79 bits per heavy atom. The first-order valence-corrected chi connectivity index (χ1v) is 4.42. The predicted molar refractivity (Wildman–Crippen MR) is 48.4 cm³/mol. The zero-order valence-corrected chi connectivity index (χ0v) is 7.86. The van der Waals surface area contributed by atoms with Crippen molar-refractivity contribution in [3.05, 3.63) is 0 Å². The molecule has 0 aromatic carbocycles. The first-order chi connectivity index (χ1) is 6.76. The van der Waals surface area contributed by atoms with Gasteiger partial charge in [-0.2, -0.15) is 15.8 Å². The third-order valence-corrected chi connectivity index (χ3v) is 1.80. The van der Waals surface area contributed by atoms with Gasteiger partial charge in [0.2, 0.25) is 0 Å². The number of ketones is 1. The van der Waals surface area contributed by atoms with Gasteiger partial charge in [0.25, 0.3) is 0 Å². The molecule has 0 bridgehead atoms. The molecule has 0 aromatic heterocycles. The fraction of sp³-hybridized carbons (Fsp3) is 0.600. The number of nitriles is 3. The highest BCUT2D eigenvalue weighted by Gasteiger charge is 2.16. The Morgan fingerprint density at radius 1 is 1.14 bits per heavy atom. The average Bonchev–Trinajstić information content (AvgIpc) is 2.19. The molecule has 4 nitrogen and oxygen atoms in total. The normalized spacial score (nSPS) is 10.6. The fourth-order valence-electron chi connectivity index (χ4n) is 1.02. The SMILES string of the molecule is N#CCCCC(=O)C(C#N)CCC#N. The van der Waals surface area contributed by atoms with Gasteiger partial charge < -0.3 is 0 Å². The smallest absolute Gasteiger partial charge is 0.150 e. The van der Waals surface area contributed by atoms with E-state index < -0.39 is 5.92 Å². The second-order valence-corrected chi connectivity index (χ2v) is 2.86. The topological polar surface area (TPSA) is 88.4 Å². The Morgan fingerprint density at radius 3 is 2.29 bits per heavy atom. The third-order valence-electron chi connectivity index (χ3n) is 1.80. The maximum Gasteiger partial charge on any atom is 0.150 e.